The Labute approximate surface area is 105 Å². The van der Waals surface area contributed by atoms with Crippen molar-refractivity contribution in [1.82, 2.24) is 4.90 Å². The molecule has 1 aromatic carbocycles. The molecule has 0 saturated carbocycles. The van der Waals surface area contributed by atoms with Crippen LogP contribution in [0.4, 0.5) is 5.69 Å². The maximum Gasteiger partial charge on any atom is 0.120 e. The second-order valence-electron chi connectivity index (χ2n) is 4.14. The number of thiophene rings is 1. The summed E-state index contributed by atoms with van der Waals surface area (Å²) in [6.45, 7) is 1.57. The van der Waals surface area contributed by atoms with Crippen molar-refractivity contribution in [2.24, 2.45) is 0 Å². The maximum atomic E-state index is 9.73. The predicted octanol–water partition coefficient (Wildman–Crippen LogP) is 2.67. The minimum Gasteiger partial charge on any atom is -0.508 e. The monoisotopic (exact) mass is 248 g/mol. The molecule has 0 amide bonds. The fourth-order valence-electron chi connectivity index (χ4n) is 1.75. The van der Waals surface area contributed by atoms with Crippen molar-refractivity contribution in [2.75, 3.05) is 12.8 Å². The molecule has 3 N–H and O–H groups in total. The van der Waals surface area contributed by atoms with Crippen molar-refractivity contribution in [1.29, 1.82) is 0 Å². The lowest BCUT2D eigenvalue weighted by Gasteiger charge is -2.16. The molecule has 0 unspecified atom stereocenters. The second-order valence-corrected chi connectivity index (χ2v) is 5.17. The van der Waals surface area contributed by atoms with Crippen LogP contribution in [0.3, 0.4) is 0 Å². The zero-order chi connectivity index (χ0) is 12.3. The Balaban J connectivity index is 2.02. The highest BCUT2D eigenvalue weighted by Crippen LogP contribution is 2.22. The molecular weight excluding hydrogens is 232 g/mol. The zero-order valence-electron chi connectivity index (χ0n) is 9.76. The lowest BCUT2D eigenvalue weighted by atomic mass is 10.1. The van der Waals surface area contributed by atoms with Gasteiger partial charge in [0.15, 0.2) is 0 Å². The van der Waals surface area contributed by atoms with Crippen LogP contribution in [0.5, 0.6) is 5.75 Å². The molecule has 3 nitrogen and oxygen atoms in total. The Morgan fingerprint density at radius 1 is 1.29 bits per heavy atom. The van der Waals surface area contributed by atoms with Gasteiger partial charge < -0.3 is 10.8 Å². The van der Waals surface area contributed by atoms with Crippen molar-refractivity contribution in [3.05, 3.63) is 46.2 Å². The van der Waals surface area contributed by atoms with E-state index < -0.39 is 0 Å². The molecule has 17 heavy (non-hydrogen) atoms. The van der Waals surface area contributed by atoms with E-state index in [9.17, 15) is 5.11 Å². The second kappa shape index (κ2) is 5.21. The number of nitrogen functional groups attached to an aromatic ring is 1. The molecule has 0 radical (unpaired) electrons. The van der Waals surface area contributed by atoms with E-state index in [4.69, 9.17) is 5.73 Å². The molecule has 90 valence electrons. The van der Waals surface area contributed by atoms with E-state index in [0.717, 1.165) is 12.1 Å². The molecule has 4 heteroatoms. The third kappa shape index (κ3) is 3.22. The van der Waals surface area contributed by atoms with Gasteiger partial charge in [0.25, 0.3) is 0 Å². The number of hydrogen-bond donors (Lipinski definition) is 2. The number of anilines is 1. The van der Waals surface area contributed by atoms with E-state index in [-0.39, 0.29) is 0 Å². The Bertz CT molecular complexity index is 482. The first-order chi connectivity index (χ1) is 8.15. The van der Waals surface area contributed by atoms with Crippen molar-refractivity contribution in [3.63, 3.8) is 0 Å². The number of hydrogen-bond acceptors (Lipinski definition) is 4. The topological polar surface area (TPSA) is 49.5 Å². The third-order valence-electron chi connectivity index (χ3n) is 2.55. The van der Waals surface area contributed by atoms with Gasteiger partial charge in [-0.3, -0.25) is 4.90 Å². The standard InChI is InChI=1S/C13H16N2OS/c1-15(9-12-3-2-6-17-12)8-10-7-11(14)4-5-13(10)16/h2-7,16H,8-9,14H2,1H3. The van der Waals surface area contributed by atoms with Gasteiger partial charge in [-0.2, -0.15) is 0 Å². The Morgan fingerprint density at radius 3 is 2.82 bits per heavy atom. The maximum absolute atomic E-state index is 9.73. The highest BCUT2D eigenvalue weighted by Gasteiger charge is 2.06. The van der Waals surface area contributed by atoms with Crippen LogP contribution in [-0.2, 0) is 13.1 Å². The largest absolute Gasteiger partial charge is 0.508 e. The summed E-state index contributed by atoms with van der Waals surface area (Å²) in [7, 11) is 2.03. The van der Waals surface area contributed by atoms with Gasteiger partial charge in [0.1, 0.15) is 5.75 Å². The van der Waals surface area contributed by atoms with Gasteiger partial charge in [0.2, 0.25) is 0 Å². The van der Waals surface area contributed by atoms with Gasteiger partial charge in [-0.05, 0) is 36.7 Å². The van der Waals surface area contributed by atoms with Gasteiger partial charge in [0.05, 0.1) is 0 Å². The van der Waals surface area contributed by atoms with Crippen LogP contribution in [0, 0.1) is 0 Å². The van der Waals surface area contributed by atoms with Crippen LogP contribution < -0.4 is 5.73 Å². The summed E-state index contributed by atoms with van der Waals surface area (Å²) in [5.74, 6) is 0.303. The predicted molar refractivity (Wildman–Crippen MR) is 72.0 cm³/mol. The average molecular weight is 248 g/mol. The highest BCUT2D eigenvalue weighted by atomic mass is 32.1. The summed E-state index contributed by atoms with van der Waals surface area (Å²) >= 11 is 1.74. The third-order valence-corrected chi connectivity index (χ3v) is 3.41. The average Bonchev–Trinajstić information content (AvgIpc) is 2.76. The van der Waals surface area contributed by atoms with Crippen molar-refractivity contribution < 1.29 is 5.11 Å². The van der Waals surface area contributed by atoms with Crippen LogP contribution in [0.15, 0.2) is 35.7 Å². The van der Waals surface area contributed by atoms with Crippen LogP contribution in [-0.4, -0.2) is 17.1 Å². The summed E-state index contributed by atoms with van der Waals surface area (Å²) < 4.78 is 0. The molecule has 1 aromatic heterocycles. The van der Waals surface area contributed by atoms with Crippen LogP contribution in [0.1, 0.15) is 10.4 Å². The first kappa shape index (κ1) is 12.0. The quantitative estimate of drug-likeness (QED) is 0.646. The molecule has 2 aromatic rings. The highest BCUT2D eigenvalue weighted by molar-refractivity contribution is 7.09. The molecule has 0 spiro atoms. The van der Waals surface area contributed by atoms with E-state index in [1.165, 1.54) is 4.88 Å². The first-order valence-electron chi connectivity index (χ1n) is 5.43. The number of phenolic OH excluding ortho intramolecular Hbond substituents is 1. The van der Waals surface area contributed by atoms with Crippen molar-refractivity contribution in [2.45, 2.75) is 13.1 Å². The molecule has 0 fully saturated rings. The minimum atomic E-state index is 0.303. The molecule has 0 bridgehead atoms. The number of rotatable bonds is 4. The molecule has 1 heterocycles. The molecule has 0 aliphatic heterocycles. The first-order valence-corrected chi connectivity index (χ1v) is 6.31. The number of nitrogens with zero attached hydrogens (tertiary/aromatic N) is 1. The zero-order valence-corrected chi connectivity index (χ0v) is 10.6. The number of benzene rings is 1. The number of phenols is 1. The lowest BCUT2D eigenvalue weighted by molar-refractivity contribution is 0.315. The fraction of sp³-hybridized carbons (Fsp3) is 0.231. The number of nitrogens with two attached hydrogens (primary N) is 1. The summed E-state index contributed by atoms with van der Waals surface area (Å²) in [6.07, 6.45) is 0. The summed E-state index contributed by atoms with van der Waals surface area (Å²) in [5.41, 5.74) is 7.26. The molecular formula is C13H16N2OS. The molecule has 0 saturated heterocycles. The smallest absolute Gasteiger partial charge is 0.120 e. The Hall–Kier alpha value is -1.52. The van der Waals surface area contributed by atoms with E-state index >= 15 is 0 Å². The summed E-state index contributed by atoms with van der Waals surface area (Å²) in [5, 5.41) is 11.8. The Kier molecular flexibility index (Phi) is 3.66. The SMILES string of the molecule is CN(Cc1cccs1)Cc1cc(N)ccc1O. The van der Waals surface area contributed by atoms with E-state index in [1.807, 2.05) is 19.2 Å². The van der Waals surface area contributed by atoms with E-state index in [2.05, 4.69) is 16.3 Å². The summed E-state index contributed by atoms with van der Waals surface area (Å²) in [6, 6.07) is 9.33. The van der Waals surface area contributed by atoms with Crippen molar-refractivity contribution >= 4 is 17.0 Å². The Morgan fingerprint density at radius 2 is 2.12 bits per heavy atom. The molecule has 0 aliphatic carbocycles. The van der Waals surface area contributed by atoms with E-state index in [1.54, 1.807) is 23.5 Å². The lowest BCUT2D eigenvalue weighted by Crippen LogP contribution is -2.16. The normalized spacial score (nSPS) is 10.9. The minimum absolute atomic E-state index is 0.303. The van der Waals surface area contributed by atoms with Gasteiger partial charge in [-0.1, -0.05) is 6.07 Å². The van der Waals surface area contributed by atoms with E-state index in [0.29, 0.717) is 18.0 Å². The molecule has 0 aliphatic rings. The summed E-state index contributed by atoms with van der Waals surface area (Å²) in [4.78, 5) is 3.47. The van der Waals surface area contributed by atoms with Gasteiger partial charge >= 0.3 is 0 Å². The molecule has 0 atom stereocenters. The van der Waals surface area contributed by atoms with Crippen LogP contribution >= 0.6 is 11.3 Å². The fourth-order valence-corrected chi connectivity index (χ4v) is 2.53. The van der Waals surface area contributed by atoms with Gasteiger partial charge in [0, 0.05) is 29.2 Å². The number of aromatic hydroxyl groups is 1. The van der Waals surface area contributed by atoms with Crippen LogP contribution in [0.25, 0.3) is 0 Å². The van der Waals surface area contributed by atoms with Crippen molar-refractivity contribution in [3.8, 4) is 5.75 Å². The van der Waals surface area contributed by atoms with Crippen LogP contribution in [0.2, 0.25) is 0 Å². The van der Waals surface area contributed by atoms with Gasteiger partial charge in [-0.25, -0.2) is 0 Å². The van der Waals surface area contributed by atoms with Gasteiger partial charge in [-0.15, -0.1) is 11.3 Å². The molecule has 2 rings (SSSR count).